The third-order valence-corrected chi connectivity index (χ3v) is 5.65. The summed E-state index contributed by atoms with van der Waals surface area (Å²) in [5, 5.41) is 18.2. The van der Waals surface area contributed by atoms with Crippen molar-refractivity contribution in [3.63, 3.8) is 0 Å². The van der Waals surface area contributed by atoms with Gasteiger partial charge in [0.1, 0.15) is 0 Å². The predicted octanol–water partition coefficient (Wildman–Crippen LogP) is 3.09. The van der Waals surface area contributed by atoms with E-state index in [-0.39, 0.29) is 12.0 Å². The molecular formula is C28H29N5O4. The second-order valence-electron chi connectivity index (χ2n) is 8.42. The Balaban J connectivity index is 1.57. The van der Waals surface area contributed by atoms with Gasteiger partial charge in [-0.15, -0.1) is 0 Å². The van der Waals surface area contributed by atoms with E-state index in [1.807, 2.05) is 73.7 Å². The van der Waals surface area contributed by atoms with Crippen molar-refractivity contribution in [3.05, 3.63) is 102 Å². The Morgan fingerprint density at radius 1 is 1.00 bits per heavy atom. The van der Waals surface area contributed by atoms with Crippen molar-refractivity contribution < 1.29 is 19.5 Å². The van der Waals surface area contributed by atoms with E-state index in [0.717, 1.165) is 16.8 Å². The molecule has 0 aliphatic carbocycles. The zero-order valence-corrected chi connectivity index (χ0v) is 20.4. The zero-order valence-electron chi connectivity index (χ0n) is 20.4. The number of carbonyl (C=O) groups is 2. The molecule has 0 radical (unpaired) electrons. The van der Waals surface area contributed by atoms with Crippen LogP contribution in [0.1, 0.15) is 29.3 Å². The van der Waals surface area contributed by atoms with Crippen molar-refractivity contribution >= 4 is 11.8 Å². The number of nitrogens with one attached hydrogen (secondary N) is 2. The molecule has 4 aromatic rings. The van der Waals surface area contributed by atoms with Crippen LogP contribution in [0.25, 0.3) is 17.1 Å². The number of aromatic nitrogens is 3. The normalized spacial score (nSPS) is 12.5. The molecule has 0 fully saturated rings. The summed E-state index contributed by atoms with van der Waals surface area (Å²) < 4.78 is 1.53. The van der Waals surface area contributed by atoms with Crippen molar-refractivity contribution in [1.82, 2.24) is 25.6 Å². The summed E-state index contributed by atoms with van der Waals surface area (Å²) in [5.74, 6) is -0.909. The lowest BCUT2D eigenvalue weighted by Crippen LogP contribution is -2.51. The molecule has 37 heavy (non-hydrogen) atoms. The number of hydrogen-bond donors (Lipinski definition) is 3. The second-order valence-corrected chi connectivity index (χ2v) is 8.42. The fraction of sp³-hybridized carbons (Fsp3) is 0.214. The monoisotopic (exact) mass is 499 g/mol. The smallest absolute Gasteiger partial charge is 0.274 e. The topological polar surface area (TPSA) is 118 Å². The van der Waals surface area contributed by atoms with Gasteiger partial charge in [-0.05, 0) is 36.6 Å². The molecule has 0 aliphatic heterocycles. The predicted molar refractivity (Wildman–Crippen MR) is 139 cm³/mol. The van der Waals surface area contributed by atoms with Crippen LogP contribution in [-0.4, -0.2) is 50.4 Å². The van der Waals surface area contributed by atoms with Crippen LogP contribution >= 0.6 is 0 Å². The summed E-state index contributed by atoms with van der Waals surface area (Å²) in [6.45, 7) is 2.21. The first-order valence-electron chi connectivity index (χ1n) is 12.1. The minimum Gasteiger partial charge on any atom is -0.381 e. The van der Waals surface area contributed by atoms with Gasteiger partial charge >= 0.3 is 0 Å². The lowest BCUT2D eigenvalue weighted by atomic mass is 10.00. The summed E-state index contributed by atoms with van der Waals surface area (Å²) >= 11 is 0. The van der Waals surface area contributed by atoms with E-state index in [1.165, 1.54) is 4.68 Å². The van der Waals surface area contributed by atoms with Gasteiger partial charge in [-0.3, -0.25) is 14.4 Å². The highest BCUT2D eigenvalue weighted by molar-refractivity contribution is 5.97. The number of hydroxylamine groups is 1. The lowest BCUT2D eigenvalue weighted by molar-refractivity contribution is -0.143. The maximum atomic E-state index is 13.4. The average Bonchev–Trinajstić information content (AvgIpc) is 3.44. The van der Waals surface area contributed by atoms with E-state index < -0.39 is 24.0 Å². The van der Waals surface area contributed by atoms with E-state index in [0.29, 0.717) is 18.8 Å². The van der Waals surface area contributed by atoms with Crippen LogP contribution in [0, 0.1) is 0 Å². The van der Waals surface area contributed by atoms with E-state index >= 15 is 0 Å². The van der Waals surface area contributed by atoms with Gasteiger partial charge < -0.3 is 10.4 Å². The van der Waals surface area contributed by atoms with Crippen LogP contribution in [0.2, 0.25) is 0 Å². The number of aliphatic hydroxyl groups excluding tert-OH is 1. The number of aliphatic hydroxyl groups is 1. The van der Waals surface area contributed by atoms with Crippen LogP contribution < -0.4 is 10.8 Å². The number of pyridine rings is 1. The highest BCUT2D eigenvalue weighted by Gasteiger charge is 2.29. The van der Waals surface area contributed by atoms with Crippen LogP contribution in [0.4, 0.5) is 0 Å². The molecule has 0 saturated heterocycles. The lowest BCUT2D eigenvalue weighted by Gasteiger charge is -2.24. The number of rotatable bonds is 11. The number of hydrogen-bond acceptors (Lipinski definition) is 6. The fourth-order valence-corrected chi connectivity index (χ4v) is 3.78. The van der Waals surface area contributed by atoms with Gasteiger partial charge in [-0.25, -0.2) is 15.1 Å². The molecule has 9 heteroatoms. The molecule has 9 nitrogen and oxygen atoms in total. The molecule has 4 rings (SSSR count). The summed E-state index contributed by atoms with van der Waals surface area (Å²) in [7, 11) is 0. The van der Waals surface area contributed by atoms with E-state index in [2.05, 4.69) is 20.9 Å². The van der Waals surface area contributed by atoms with Crippen molar-refractivity contribution in [2.75, 3.05) is 6.61 Å². The number of carbonyl (C=O) groups excluding carboxylic acids is 2. The Morgan fingerprint density at radius 3 is 2.46 bits per heavy atom. The molecule has 0 spiro atoms. The second kappa shape index (κ2) is 12.6. The quantitative estimate of drug-likeness (QED) is 0.216. The van der Waals surface area contributed by atoms with Gasteiger partial charge in [0.25, 0.3) is 11.8 Å². The third-order valence-electron chi connectivity index (χ3n) is 5.65. The summed E-state index contributed by atoms with van der Waals surface area (Å²) in [5.41, 5.74) is 5.02. The van der Waals surface area contributed by atoms with Crippen LogP contribution in [0.15, 0.2) is 91.3 Å². The zero-order chi connectivity index (χ0) is 26.0. The first-order chi connectivity index (χ1) is 18.1. The molecule has 0 bridgehead atoms. The Kier molecular flexibility index (Phi) is 8.75. The number of amides is 2. The van der Waals surface area contributed by atoms with Gasteiger partial charge in [0.05, 0.1) is 23.9 Å². The maximum Gasteiger partial charge on any atom is 0.274 e. The first-order valence-corrected chi connectivity index (χ1v) is 12.1. The summed E-state index contributed by atoms with van der Waals surface area (Å²) in [4.78, 5) is 35.4. The molecule has 0 saturated carbocycles. The van der Waals surface area contributed by atoms with E-state index in [4.69, 9.17) is 4.84 Å². The fourth-order valence-electron chi connectivity index (χ4n) is 3.78. The highest BCUT2D eigenvalue weighted by atomic mass is 16.7. The van der Waals surface area contributed by atoms with Crippen molar-refractivity contribution in [2.45, 2.75) is 31.9 Å². The Bertz CT molecular complexity index is 1310. The number of benzene rings is 2. The average molecular weight is 500 g/mol. The van der Waals surface area contributed by atoms with Crippen molar-refractivity contribution in [1.29, 1.82) is 0 Å². The largest absolute Gasteiger partial charge is 0.381 e. The molecule has 2 amide bonds. The van der Waals surface area contributed by atoms with E-state index in [1.54, 1.807) is 24.5 Å². The van der Waals surface area contributed by atoms with Gasteiger partial charge in [0.2, 0.25) is 0 Å². The molecule has 2 atom stereocenters. The molecule has 2 aromatic heterocycles. The standard InChI is InChI=1S/C28H29N5O4/c1-2-18-37-32-28(36)25(34)24(19-20-10-5-3-6-11-20)30-27(35)22-14-9-16-29-26(22)33-17-15-23(31-33)21-12-7-4-8-13-21/h3-17,24-25,34H,2,18-19H2,1H3,(H,30,35)(H,32,36). The summed E-state index contributed by atoms with van der Waals surface area (Å²) in [6.07, 6.45) is 2.69. The molecule has 2 heterocycles. The molecule has 2 aromatic carbocycles. The minimum atomic E-state index is -1.55. The third kappa shape index (κ3) is 6.66. The molecule has 3 N–H and O–H groups in total. The Hall–Kier alpha value is -4.34. The summed E-state index contributed by atoms with van der Waals surface area (Å²) in [6, 6.07) is 23.2. The maximum absolute atomic E-state index is 13.4. The molecule has 2 unspecified atom stereocenters. The molecular weight excluding hydrogens is 470 g/mol. The van der Waals surface area contributed by atoms with Gasteiger partial charge in [0, 0.05) is 18.0 Å². The molecule has 190 valence electrons. The highest BCUT2D eigenvalue weighted by Crippen LogP contribution is 2.19. The van der Waals surface area contributed by atoms with Crippen molar-refractivity contribution in [3.8, 4) is 17.1 Å². The van der Waals surface area contributed by atoms with E-state index in [9.17, 15) is 14.7 Å². The number of nitrogens with zero attached hydrogens (tertiary/aromatic N) is 3. The minimum absolute atomic E-state index is 0.227. The first kappa shape index (κ1) is 25.7. The van der Waals surface area contributed by atoms with Crippen LogP contribution in [-0.2, 0) is 16.1 Å². The Morgan fingerprint density at radius 2 is 1.73 bits per heavy atom. The van der Waals surface area contributed by atoms with Gasteiger partial charge in [-0.2, -0.15) is 5.10 Å². The van der Waals surface area contributed by atoms with Crippen LogP contribution in [0.5, 0.6) is 0 Å². The Labute approximate surface area is 215 Å². The molecule has 0 aliphatic rings. The SMILES string of the molecule is CCCONC(=O)C(O)C(Cc1ccccc1)NC(=O)c1cccnc1-n1ccc(-c2ccccc2)n1. The van der Waals surface area contributed by atoms with Crippen LogP contribution in [0.3, 0.4) is 0 Å². The van der Waals surface area contributed by atoms with Gasteiger partial charge in [0.15, 0.2) is 11.9 Å². The van der Waals surface area contributed by atoms with Crippen molar-refractivity contribution in [2.24, 2.45) is 0 Å². The van der Waals surface area contributed by atoms with Gasteiger partial charge in [-0.1, -0.05) is 67.6 Å².